The average molecular weight is 443 g/mol. The molecule has 3 aromatic rings. The van der Waals surface area contributed by atoms with Crippen molar-refractivity contribution in [3.8, 4) is 5.75 Å². The smallest absolute Gasteiger partial charge is 0.251 e. The summed E-state index contributed by atoms with van der Waals surface area (Å²) in [6, 6.07) is 18.8. The highest BCUT2D eigenvalue weighted by Crippen LogP contribution is 2.24. The van der Waals surface area contributed by atoms with Crippen LogP contribution in [0.5, 0.6) is 5.75 Å². The van der Waals surface area contributed by atoms with Crippen molar-refractivity contribution in [1.82, 2.24) is 9.62 Å². The van der Waals surface area contributed by atoms with E-state index in [1.165, 1.54) is 42.7 Å². The van der Waals surface area contributed by atoms with E-state index in [4.69, 9.17) is 4.74 Å². The Hall–Kier alpha value is -3.23. The number of sulfonamides is 1. The zero-order valence-corrected chi connectivity index (χ0v) is 18.0. The summed E-state index contributed by atoms with van der Waals surface area (Å²) in [5.74, 6) is -0.198. The minimum atomic E-state index is -3.70. The highest BCUT2D eigenvalue weighted by molar-refractivity contribution is 7.89. The molecule has 3 rings (SSSR count). The van der Waals surface area contributed by atoms with E-state index in [1.807, 2.05) is 0 Å². The highest BCUT2D eigenvalue weighted by Gasteiger charge is 2.22. The fourth-order valence-electron chi connectivity index (χ4n) is 3.03. The minimum Gasteiger partial charge on any atom is -0.496 e. The van der Waals surface area contributed by atoms with Crippen LogP contribution in [0.15, 0.2) is 77.7 Å². The molecule has 0 unspecified atom stereocenters. The zero-order valence-electron chi connectivity index (χ0n) is 17.2. The summed E-state index contributed by atoms with van der Waals surface area (Å²) in [6.45, 7) is 0.266. The molecular formula is C23H23FN2O4S. The number of hydrogen-bond acceptors (Lipinski definition) is 4. The largest absolute Gasteiger partial charge is 0.496 e. The van der Waals surface area contributed by atoms with E-state index in [2.05, 4.69) is 5.32 Å². The van der Waals surface area contributed by atoms with Gasteiger partial charge in [-0.15, -0.1) is 0 Å². The number of halogens is 1. The predicted molar refractivity (Wildman–Crippen MR) is 116 cm³/mol. The molecule has 8 heteroatoms. The predicted octanol–water partition coefficient (Wildman–Crippen LogP) is 3.59. The molecule has 3 aromatic carbocycles. The van der Waals surface area contributed by atoms with Gasteiger partial charge in [0.15, 0.2) is 0 Å². The maximum absolute atomic E-state index is 13.0. The lowest BCUT2D eigenvalue weighted by molar-refractivity contribution is 0.0950. The molecule has 0 radical (unpaired) electrons. The van der Waals surface area contributed by atoms with Gasteiger partial charge in [-0.1, -0.05) is 30.3 Å². The lowest BCUT2D eigenvalue weighted by Crippen LogP contribution is -2.27. The lowest BCUT2D eigenvalue weighted by Gasteiger charge is -2.19. The van der Waals surface area contributed by atoms with Crippen molar-refractivity contribution < 1.29 is 22.3 Å². The van der Waals surface area contributed by atoms with Crippen molar-refractivity contribution in [1.29, 1.82) is 0 Å². The number of nitrogens with one attached hydrogen (secondary N) is 1. The zero-order chi connectivity index (χ0) is 22.4. The second-order valence-electron chi connectivity index (χ2n) is 6.91. The number of benzene rings is 3. The van der Waals surface area contributed by atoms with Crippen molar-refractivity contribution in [2.24, 2.45) is 0 Å². The van der Waals surface area contributed by atoms with Gasteiger partial charge in [0.1, 0.15) is 11.6 Å². The van der Waals surface area contributed by atoms with Crippen LogP contribution in [0.3, 0.4) is 0 Å². The number of nitrogens with zero attached hydrogens (tertiary/aromatic N) is 1. The Morgan fingerprint density at radius 1 is 1.03 bits per heavy atom. The normalized spacial score (nSPS) is 11.4. The van der Waals surface area contributed by atoms with Crippen LogP contribution < -0.4 is 10.1 Å². The lowest BCUT2D eigenvalue weighted by atomic mass is 10.1. The molecule has 0 saturated heterocycles. The Morgan fingerprint density at radius 2 is 1.71 bits per heavy atom. The van der Waals surface area contributed by atoms with Gasteiger partial charge in [-0.2, -0.15) is 4.31 Å². The molecule has 0 heterocycles. The summed E-state index contributed by atoms with van der Waals surface area (Å²) in [6.07, 6.45) is 0. The van der Waals surface area contributed by atoms with Crippen LogP contribution in [0.4, 0.5) is 4.39 Å². The van der Waals surface area contributed by atoms with Gasteiger partial charge < -0.3 is 10.1 Å². The molecule has 0 saturated carbocycles. The quantitative estimate of drug-likeness (QED) is 0.579. The molecule has 0 aliphatic heterocycles. The first-order valence-electron chi connectivity index (χ1n) is 9.52. The molecule has 0 bridgehead atoms. The minimum absolute atomic E-state index is 0.0273. The van der Waals surface area contributed by atoms with Crippen LogP contribution >= 0.6 is 0 Å². The Labute approximate surface area is 181 Å². The maximum atomic E-state index is 13.0. The molecule has 0 atom stereocenters. The summed E-state index contributed by atoms with van der Waals surface area (Å²) >= 11 is 0. The van der Waals surface area contributed by atoms with Gasteiger partial charge in [-0.05, 0) is 48.0 Å². The van der Waals surface area contributed by atoms with Crippen molar-refractivity contribution >= 4 is 15.9 Å². The standard InChI is InChI=1S/C23H23FN2O4S/c1-26(31(28,29)21-6-4-3-5-7-21)16-19-14-18(10-13-22(19)30-2)23(27)25-15-17-8-11-20(24)12-9-17/h3-14H,15-16H2,1-2H3,(H,25,27). The number of amides is 1. The number of carbonyl (C=O) groups excluding carboxylic acids is 1. The Bertz CT molecular complexity index is 1150. The van der Waals surface area contributed by atoms with Crippen LogP contribution in [0.25, 0.3) is 0 Å². The Balaban J connectivity index is 1.77. The van der Waals surface area contributed by atoms with Crippen LogP contribution in [0.2, 0.25) is 0 Å². The number of carbonyl (C=O) groups is 1. The molecule has 6 nitrogen and oxygen atoms in total. The van der Waals surface area contributed by atoms with Gasteiger partial charge in [-0.3, -0.25) is 4.79 Å². The number of methoxy groups -OCH3 is 1. The first-order valence-corrected chi connectivity index (χ1v) is 11.0. The van der Waals surface area contributed by atoms with Crippen molar-refractivity contribution in [2.45, 2.75) is 18.0 Å². The monoisotopic (exact) mass is 442 g/mol. The van der Waals surface area contributed by atoms with Gasteiger partial charge in [0, 0.05) is 31.3 Å². The van der Waals surface area contributed by atoms with Crippen LogP contribution in [0.1, 0.15) is 21.5 Å². The number of rotatable bonds is 8. The van der Waals surface area contributed by atoms with Gasteiger partial charge in [0.25, 0.3) is 5.91 Å². The summed E-state index contributed by atoms with van der Waals surface area (Å²) in [7, 11) is -0.738. The maximum Gasteiger partial charge on any atom is 0.251 e. The molecule has 31 heavy (non-hydrogen) atoms. The van der Waals surface area contributed by atoms with E-state index >= 15 is 0 Å². The van der Waals surface area contributed by atoms with E-state index < -0.39 is 10.0 Å². The Kier molecular flexibility index (Phi) is 7.04. The Morgan fingerprint density at radius 3 is 2.35 bits per heavy atom. The summed E-state index contributed by atoms with van der Waals surface area (Å²) in [5, 5.41) is 2.77. The fraction of sp³-hybridized carbons (Fsp3) is 0.174. The van der Waals surface area contributed by atoms with Gasteiger partial charge in [0.05, 0.1) is 12.0 Å². The van der Waals surface area contributed by atoms with Crippen molar-refractivity contribution in [2.75, 3.05) is 14.2 Å². The summed E-state index contributed by atoms with van der Waals surface area (Å²) in [5.41, 5.74) is 1.68. The molecule has 0 spiro atoms. The van der Waals surface area contributed by atoms with E-state index in [-0.39, 0.29) is 29.7 Å². The highest BCUT2D eigenvalue weighted by atomic mass is 32.2. The van der Waals surface area contributed by atoms with Crippen LogP contribution in [-0.2, 0) is 23.1 Å². The third-order valence-electron chi connectivity index (χ3n) is 4.75. The molecular weight excluding hydrogens is 419 g/mol. The van der Waals surface area contributed by atoms with E-state index in [1.54, 1.807) is 48.5 Å². The van der Waals surface area contributed by atoms with Gasteiger partial charge in [0.2, 0.25) is 10.0 Å². The number of hydrogen-bond donors (Lipinski definition) is 1. The summed E-state index contributed by atoms with van der Waals surface area (Å²) in [4.78, 5) is 12.8. The van der Waals surface area contributed by atoms with Crippen LogP contribution in [0, 0.1) is 5.82 Å². The van der Waals surface area contributed by atoms with E-state index in [9.17, 15) is 17.6 Å². The van der Waals surface area contributed by atoms with Crippen molar-refractivity contribution in [3.63, 3.8) is 0 Å². The first kappa shape index (κ1) is 22.5. The molecule has 1 amide bonds. The average Bonchev–Trinajstić information content (AvgIpc) is 2.79. The topological polar surface area (TPSA) is 75.7 Å². The molecule has 0 fully saturated rings. The third-order valence-corrected chi connectivity index (χ3v) is 6.57. The first-order chi connectivity index (χ1) is 14.8. The molecule has 0 aromatic heterocycles. The molecule has 0 aliphatic rings. The molecule has 1 N–H and O–H groups in total. The van der Waals surface area contributed by atoms with E-state index in [0.717, 1.165) is 5.56 Å². The number of ether oxygens (including phenoxy) is 1. The summed E-state index contributed by atoms with van der Waals surface area (Å²) < 4.78 is 45.2. The fourth-order valence-corrected chi connectivity index (χ4v) is 4.20. The van der Waals surface area contributed by atoms with E-state index in [0.29, 0.717) is 16.9 Å². The SMILES string of the molecule is COc1ccc(C(=O)NCc2ccc(F)cc2)cc1CN(C)S(=O)(=O)c1ccccc1. The van der Waals surface area contributed by atoms with Crippen molar-refractivity contribution in [3.05, 3.63) is 95.3 Å². The van der Waals surface area contributed by atoms with Crippen LogP contribution in [-0.4, -0.2) is 32.8 Å². The second-order valence-corrected chi connectivity index (χ2v) is 8.95. The molecule has 0 aliphatic carbocycles. The van der Waals surface area contributed by atoms with Gasteiger partial charge in [-0.25, -0.2) is 12.8 Å². The van der Waals surface area contributed by atoms with Gasteiger partial charge >= 0.3 is 0 Å². The molecule has 162 valence electrons. The second kappa shape index (κ2) is 9.72. The third kappa shape index (κ3) is 5.48.